The van der Waals surface area contributed by atoms with Crippen molar-refractivity contribution in [2.75, 3.05) is 0 Å². The average molecular weight is 296 g/mol. The van der Waals surface area contributed by atoms with E-state index in [4.69, 9.17) is 0 Å². The molecule has 0 amide bonds. The van der Waals surface area contributed by atoms with E-state index in [1.807, 2.05) is 0 Å². The summed E-state index contributed by atoms with van der Waals surface area (Å²) in [6.45, 7) is 3.41. The van der Waals surface area contributed by atoms with Crippen LogP contribution in [0.5, 0.6) is 0 Å². The Bertz CT molecular complexity index is 220. The van der Waals surface area contributed by atoms with Gasteiger partial charge in [-0.3, -0.25) is 0 Å². The van der Waals surface area contributed by atoms with E-state index in [2.05, 4.69) is 41.8 Å². The normalized spacial score (nSPS) is 9.69. The number of imidazole rings is 1. The van der Waals surface area contributed by atoms with Gasteiger partial charge in [0.05, 0.1) is 13.6 Å². The first kappa shape index (κ1) is 12.9. The molecule has 1 aromatic heterocycles. The van der Waals surface area contributed by atoms with Gasteiger partial charge in [0, 0.05) is 0 Å². The summed E-state index contributed by atoms with van der Waals surface area (Å²) in [7, 11) is 2.06. The molecule has 0 aliphatic carbocycles. The summed E-state index contributed by atoms with van der Waals surface area (Å²) in [4.78, 5) is 0. The van der Waals surface area contributed by atoms with Crippen LogP contribution in [-0.2, 0) is 13.6 Å². The second kappa shape index (κ2) is 7.35. The highest BCUT2D eigenvalue weighted by Gasteiger charge is 1.97. The number of nitrogens with zero attached hydrogens (tertiary/aromatic N) is 2. The van der Waals surface area contributed by atoms with E-state index in [-0.39, 0.29) is 24.0 Å². The Morgan fingerprint density at radius 3 is 2.54 bits per heavy atom. The third-order valence-corrected chi connectivity index (χ3v) is 2.09. The second-order valence-corrected chi connectivity index (χ2v) is 3.38. The molecule has 0 radical (unpaired) electrons. The molecule has 0 saturated carbocycles. The molecule has 0 aromatic carbocycles. The summed E-state index contributed by atoms with van der Waals surface area (Å²) in [5.41, 5.74) is 0. The molecule has 0 aliphatic rings. The van der Waals surface area contributed by atoms with E-state index >= 15 is 0 Å². The molecule has 0 aliphatic heterocycles. The fourth-order valence-corrected chi connectivity index (χ4v) is 1.36. The molecule has 1 rings (SSSR count). The van der Waals surface area contributed by atoms with Crippen LogP contribution >= 0.6 is 0 Å². The van der Waals surface area contributed by atoms with Crippen LogP contribution in [0.4, 0.5) is 0 Å². The van der Waals surface area contributed by atoms with Crippen molar-refractivity contribution in [2.45, 2.75) is 39.2 Å². The maximum atomic E-state index is 2.25. The Hall–Kier alpha value is -0.0600. The van der Waals surface area contributed by atoms with Gasteiger partial charge >= 0.3 is 0 Å². The largest absolute Gasteiger partial charge is 0.243 e. The molecule has 1 heterocycles. The van der Waals surface area contributed by atoms with E-state index in [0.29, 0.717) is 0 Å². The van der Waals surface area contributed by atoms with Crippen LogP contribution in [0.1, 0.15) is 32.6 Å². The molecular formula is C10H21IN2+2. The molecule has 1 aromatic rings. The monoisotopic (exact) mass is 296 g/mol. The van der Waals surface area contributed by atoms with Crippen LogP contribution < -0.4 is 28.5 Å². The minimum atomic E-state index is 0. The first-order chi connectivity index (χ1) is 5.83. The zero-order chi connectivity index (χ0) is 8.81. The molecule has 0 unspecified atom stereocenters. The maximum absolute atomic E-state index is 2.25. The van der Waals surface area contributed by atoms with E-state index in [1.54, 1.807) is 0 Å². The molecule has 2 nitrogen and oxygen atoms in total. The molecule has 76 valence electrons. The van der Waals surface area contributed by atoms with Gasteiger partial charge < -0.3 is 0 Å². The zero-order valence-corrected chi connectivity index (χ0v) is 11.2. The smallest absolute Gasteiger partial charge is 0.240 e. The lowest BCUT2D eigenvalue weighted by atomic mass is 10.2. The summed E-state index contributed by atoms with van der Waals surface area (Å²) in [6, 6.07) is 0. The summed E-state index contributed by atoms with van der Waals surface area (Å²) >= 11 is 0. The van der Waals surface area contributed by atoms with Gasteiger partial charge in [0.2, 0.25) is 30.3 Å². The van der Waals surface area contributed by atoms with E-state index in [9.17, 15) is 0 Å². The lowest BCUT2D eigenvalue weighted by Gasteiger charge is -1.95. The Labute approximate surface area is 98.0 Å². The van der Waals surface area contributed by atoms with E-state index in [1.165, 1.54) is 32.2 Å². The Morgan fingerprint density at radius 1 is 1.23 bits per heavy atom. The van der Waals surface area contributed by atoms with Crippen LogP contribution in [0.3, 0.4) is 0 Å². The number of unbranched alkanes of at least 4 members (excludes halogenated alkanes) is 3. The molecule has 0 atom stereocenters. The van der Waals surface area contributed by atoms with Crippen molar-refractivity contribution in [2.24, 2.45) is 7.05 Å². The topological polar surface area (TPSA) is 8.81 Å². The SMILES string of the molecule is CCCCCCn1cc[n+](C)c1.[IH2+]. The zero-order valence-electron chi connectivity index (χ0n) is 8.61. The van der Waals surface area contributed by atoms with Crippen LogP contribution in [0, 0.1) is 0 Å². The number of rotatable bonds is 5. The molecular weight excluding hydrogens is 275 g/mol. The highest BCUT2D eigenvalue weighted by atomic mass is 127. The summed E-state index contributed by atoms with van der Waals surface area (Å²) < 4.78 is 4.33. The summed E-state index contributed by atoms with van der Waals surface area (Å²) in [5, 5.41) is 0. The Morgan fingerprint density at radius 2 is 2.00 bits per heavy atom. The predicted molar refractivity (Wildman–Crippen MR) is 52.5 cm³/mol. The molecule has 0 saturated heterocycles. The first-order valence-corrected chi connectivity index (χ1v) is 4.84. The van der Waals surface area contributed by atoms with Crippen LogP contribution in [0.15, 0.2) is 18.7 Å². The van der Waals surface area contributed by atoms with Crippen molar-refractivity contribution < 1.29 is 28.5 Å². The third kappa shape index (κ3) is 5.29. The van der Waals surface area contributed by atoms with Gasteiger partial charge in [-0.05, 0) is 12.8 Å². The van der Waals surface area contributed by atoms with Crippen LogP contribution in [0.25, 0.3) is 0 Å². The Balaban J connectivity index is 0.00000144. The van der Waals surface area contributed by atoms with Gasteiger partial charge in [0.25, 0.3) is 0 Å². The number of hydrogen-bond acceptors (Lipinski definition) is 0. The third-order valence-electron chi connectivity index (χ3n) is 2.09. The van der Waals surface area contributed by atoms with E-state index in [0.717, 1.165) is 0 Å². The number of aryl methyl sites for hydroxylation is 2. The number of halogens is 1. The van der Waals surface area contributed by atoms with Gasteiger partial charge in [0.15, 0.2) is 0 Å². The molecule has 13 heavy (non-hydrogen) atoms. The first-order valence-electron chi connectivity index (χ1n) is 4.84. The van der Waals surface area contributed by atoms with Crippen LogP contribution in [0.2, 0.25) is 0 Å². The van der Waals surface area contributed by atoms with Crippen molar-refractivity contribution in [1.82, 2.24) is 4.57 Å². The minimum Gasteiger partial charge on any atom is -0.240 e. The molecule has 0 fully saturated rings. The fraction of sp³-hybridized carbons (Fsp3) is 0.700. The van der Waals surface area contributed by atoms with Gasteiger partial charge in [-0.2, -0.15) is 0 Å². The van der Waals surface area contributed by atoms with Gasteiger partial charge in [0.1, 0.15) is 12.4 Å². The quantitative estimate of drug-likeness (QED) is 0.350. The molecule has 0 bridgehead atoms. The summed E-state index contributed by atoms with van der Waals surface area (Å²) in [5.74, 6) is 0. The van der Waals surface area contributed by atoms with Crippen molar-refractivity contribution in [3.63, 3.8) is 0 Å². The van der Waals surface area contributed by atoms with Gasteiger partial charge in [-0.25, -0.2) is 9.13 Å². The highest BCUT2D eigenvalue weighted by molar-refractivity contribution is 4.65. The van der Waals surface area contributed by atoms with E-state index < -0.39 is 0 Å². The number of aromatic nitrogens is 2. The fourth-order valence-electron chi connectivity index (χ4n) is 1.36. The van der Waals surface area contributed by atoms with Crippen molar-refractivity contribution in [1.29, 1.82) is 0 Å². The lowest BCUT2D eigenvalue weighted by molar-refractivity contribution is -0.671. The predicted octanol–water partition coefficient (Wildman–Crippen LogP) is -1.64. The number of hydrogen-bond donors (Lipinski definition) is 0. The molecule has 0 N–H and O–H groups in total. The standard InChI is InChI=1S/C10H19N2.H2I/c1-3-4-5-6-7-12-9-8-11(2)10-12;/h8-10H,3-7H2,1-2H3;1H2/q2*+1. The molecule has 3 heteroatoms. The van der Waals surface area contributed by atoms with Gasteiger partial charge in [-0.1, -0.05) is 19.8 Å². The minimum absolute atomic E-state index is 0. The Kier molecular flexibility index (Phi) is 7.32. The van der Waals surface area contributed by atoms with Crippen LogP contribution in [-0.4, -0.2) is 4.57 Å². The maximum Gasteiger partial charge on any atom is 0.243 e. The van der Waals surface area contributed by atoms with Crippen molar-refractivity contribution in [3.8, 4) is 0 Å². The average Bonchev–Trinajstić information content (AvgIpc) is 2.45. The lowest BCUT2D eigenvalue weighted by Crippen LogP contribution is -3.00. The van der Waals surface area contributed by atoms with Gasteiger partial charge in [-0.15, -0.1) is 0 Å². The second-order valence-electron chi connectivity index (χ2n) is 3.38. The van der Waals surface area contributed by atoms with Crippen molar-refractivity contribution >= 4 is 0 Å². The van der Waals surface area contributed by atoms with Crippen molar-refractivity contribution in [3.05, 3.63) is 18.7 Å². The molecule has 0 spiro atoms. The summed E-state index contributed by atoms with van der Waals surface area (Å²) in [6.07, 6.45) is 11.7. The highest BCUT2D eigenvalue weighted by Crippen LogP contribution is 2.00.